The molecule has 2 aromatic rings. The fourth-order valence-electron chi connectivity index (χ4n) is 1.80. The van der Waals surface area contributed by atoms with E-state index in [4.69, 9.17) is 9.26 Å². The number of aryl methyl sites for hydroxylation is 1. The highest BCUT2D eigenvalue weighted by atomic mass is 16.6. The third-order valence-corrected chi connectivity index (χ3v) is 2.69. The number of ether oxygens (including phenoxy) is 1. The molecule has 21 heavy (non-hydrogen) atoms. The monoisotopic (exact) mass is 292 g/mol. The van der Waals surface area contributed by atoms with Crippen LogP contribution in [0.1, 0.15) is 18.6 Å². The van der Waals surface area contributed by atoms with Crippen LogP contribution in [0.3, 0.4) is 0 Å². The second-order valence-electron chi connectivity index (χ2n) is 4.28. The Morgan fingerprint density at radius 2 is 2.29 bits per heavy atom. The second kappa shape index (κ2) is 6.69. The Hall–Kier alpha value is -2.64. The van der Waals surface area contributed by atoms with Crippen molar-refractivity contribution in [2.45, 2.75) is 20.3 Å². The van der Waals surface area contributed by atoms with Crippen molar-refractivity contribution in [1.29, 1.82) is 0 Å². The van der Waals surface area contributed by atoms with Crippen molar-refractivity contribution in [2.24, 2.45) is 0 Å². The summed E-state index contributed by atoms with van der Waals surface area (Å²) in [5.41, 5.74) is 0.690. The van der Waals surface area contributed by atoms with Crippen LogP contribution >= 0.6 is 0 Å². The molecule has 0 aliphatic heterocycles. The molecule has 8 nitrogen and oxygen atoms in total. The van der Waals surface area contributed by atoms with Crippen molar-refractivity contribution in [3.8, 4) is 5.75 Å². The Morgan fingerprint density at radius 3 is 2.90 bits per heavy atom. The van der Waals surface area contributed by atoms with Gasteiger partial charge in [0.1, 0.15) is 0 Å². The van der Waals surface area contributed by atoms with Crippen LogP contribution in [0.15, 0.2) is 22.7 Å². The summed E-state index contributed by atoms with van der Waals surface area (Å²) in [5, 5.41) is 17.7. The number of nitro groups is 1. The summed E-state index contributed by atoms with van der Waals surface area (Å²) in [5.74, 6) is 1.40. The highest BCUT2D eigenvalue weighted by Crippen LogP contribution is 2.30. The van der Waals surface area contributed by atoms with Crippen LogP contribution in [0.2, 0.25) is 0 Å². The van der Waals surface area contributed by atoms with Crippen molar-refractivity contribution < 1.29 is 14.2 Å². The summed E-state index contributed by atoms with van der Waals surface area (Å²) < 4.78 is 10.3. The lowest BCUT2D eigenvalue weighted by Gasteiger charge is -2.08. The van der Waals surface area contributed by atoms with E-state index in [0.29, 0.717) is 31.3 Å². The summed E-state index contributed by atoms with van der Waals surface area (Å²) in [6.07, 6.45) is 0.571. The molecule has 0 atom stereocenters. The smallest absolute Gasteiger partial charge is 0.311 e. The van der Waals surface area contributed by atoms with E-state index in [1.54, 1.807) is 26.0 Å². The van der Waals surface area contributed by atoms with Crippen LogP contribution in [0.5, 0.6) is 5.75 Å². The van der Waals surface area contributed by atoms with Crippen LogP contribution in [-0.4, -0.2) is 28.2 Å². The normalized spacial score (nSPS) is 10.4. The number of anilines is 1. The summed E-state index contributed by atoms with van der Waals surface area (Å²) in [7, 11) is 0. The van der Waals surface area contributed by atoms with E-state index in [1.165, 1.54) is 6.07 Å². The lowest BCUT2D eigenvalue weighted by Crippen LogP contribution is -2.06. The Labute approximate surface area is 121 Å². The highest BCUT2D eigenvalue weighted by molar-refractivity contribution is 5.58. The maximum atomic E-state index is 10.9. The van der Waals surface area contributed by atoms with Crippen LogP contribution in [-0.2, 0) is 6.42 Å². The average molecular weight is 292 g/mol. The predicted molar refractivity (Wildman–Crippen MR) is 75.5 cm³/mol. The van der Waals surface area contributed by atoms with Crippen molar-refractivity contribution in [3.63, 3.8) is 0 Å². The van der Waals surface area contributed by atoms with Crippen molar-refractivity contribution >= 4 is 11.4 Å². The Kier molecular flexibility index (Phi) is 4.70. The first kappa shape index (κ1) is 14.8. The van der Waals surface area contributed by atoms with Crippen molar-refractivity contribution in [3.05, 3.63) is 40.0 Å². The number of rotatable bonds is 7. The zero-order valence-electron chi connectivity index (χ0n) is 11.8. The molecule has 0 saturated carbocycles. The van der Waals surface area contributed by atoms with Crippen molar-refractivity contribution in [1.82, 2.24) is 10.1 Å². The fourth-order valence-corrected chi connectivity index (χ4v) is 1.80. The lowest BCUT2D eigenvalue weighted by atomic mass is 10.2. The van der Waals surface area contributed by atoms with E-state index in [9.17, 15) is 10.1 Å². The van der Waals surface area contributed by atoms with Gasteiger partial charge < -0.3 is 14.6 Å². The lowest BCUT2D eigenvalue weighted by molar-refractivity contribution is -0.385. The van der Waals surface area contributed by atoms with Gasteiger partial charge in [0, 0.05) is 30.8 Å². The number of aromatic nitrogens is 2. The van der Waals surface area contributed by atoms with Gasteiger partial charge in [0.15, 0.2) is 11.6 Å². The van der Waals surface area contributed by atoms with Gasteiger partial charge in [-0.3, -0.25) is 10.1 Å². The molecular weight excluding hydrogens is 276 g/mol. The molecule has 1 aromatic heterocycles. The Balaban J connectivity index is 1.99. The minimum absolute atomic E-state index is 0.0464. The van der Waals surface area contributed by atoms with E-state index in [-0.39, 0.29) is 11.4 Å². The molecule has 2 rings (SSSR count). The number of hydrogen-bond donors (Lipinski definition) is 1. The summed E-state index contributed by atoms with van der Waals surface area (Å²) in [6.45, 7) is 4.48. The van der Waals surface area contributed by atoms with Gasteiger partial charge in [-0.2, -0.15) is 4.98 Å². The molecule has 8 heteroatoms. The van der Waals surface area contributed by atoms with Crippen LogP contribution in [0.25, 0.3) is 0 Å². The van der Waals surface area contributed by atoms with Gasteiger partial charge in [0.05, 0.1) is 11.5 Å². The first-order chi connectivity index (χ1) is 10.1. The minimum Gasteiger partial charge on any atom is -0.487 e. The maximum absolute atomic E-state index is 10.9. The maximum Gasteiger partial charge on any atom is 0.311 e. The molecule has 1 N–H and O–H groups in total. The van der Waals surface area contributed by atoms with Gasteiger partial charge in [-0.1, -0.05) is 5.16 Å². The molecule has 0 unspecified atom stereocenters. The number of nitro benzene ring substituents is 1. The largest absolute Gasteiger partial charge is 0.487 e. The van der Waals surface area contributed by atoms with Gasteiger partial charge in [0.25, 0.3) is 0 Å². The molecule has 1 heterocycles. The van der Waals surface area contributed by atoms with Crippen LogP contribution in [0, 0.1) is 17.0 Å². The van der Waals surface area contributed by atoms with Crippen molar-refractivity contribution in [2.75, 3.05) is 18.5 Å². The second-order valence-corrected chi connectivity index (χ2v) is 4.28. The first-order valence-electron chi connectivity index (χ1n) is 6.54. The summed E-state index contributed by atoms with van der Waals surface area (Å²) in [6, 6.07) is 4.67. The molecule has 0 fully saturated rings. The van der Waals surface area contributed by atoms with Gasteiger partial charge in [-0.25, -0.2) is 0 Å². The van der Waals surface area contributed by atoms with Crippen LogP contribution in [0.4, 0.5) is 11.4 Å². The zero-order chi connectivity index (χ0) is 15.2. The van der Waals surface area contributed by atoms with E-state index in [2.05, 4.69) is 15.5 Å². The topological polar surface area (TPSA) is 103 Å². The van der Waals surface area contributed by atoms with E-state index in [0.717, 1.165) is 5.69 Å². The summed E-state index contributed by atoms with van der Waals surface area (Å²) >= 11 is 0. The quantitative estimate of drug-likeness (QED) is 0.617. The predicted octanol–water partition coefficient (Wildman–Crippen LogP) is 2.34. The molecule has 0 spiro atoms. The third kappa shape index (κ3) is 3.91. The standard InChI is InChI=1S/C13H16N4O4/c1-3-20-12-8-10(4-5-11(12)17(18)19)14-7-6-13-15-9(2)16-21-13/h4-5,8,14H,3,6-7H2,1-2H3. The average Bonchev–Trinajstić information content (AvgIpc) is 2.85. The van der Waals surface area contributed by atoms with Gasteiger partial charge in [-0.05, 0) is 19.9 Å². The van der Waals surface area contributed by atoms with E-state index in [1.807, 2.05) is 0 Å². The number of nitrogens with one attached hydrogen (secondary N) is 1. The first-order valence-corrected chi connectivity index (χ1v) is 6.54. The SMILES string of the molecule is CCOc1cc(NCCc2nc(C)no2)ccc1[N+](=O)[O-]. The van der Waals surface area contributed by atoms with Gasteiger partial charge >= 0.3 is 5.69 Å². The fraction of sp³-hybridized carbons (Fsp3) is 0.385. The van der Waals surface area contributed by atoms with E-state index < -0.39 is 4.92 Å². The Morgan fingerprint density at radius 1 is 1.48 bits per heavy atom. The van der Waals surface area contributed by atoms with Gasteiger partial charge in [0.2, 0.25) is 5.89 Å². The van der Waals surface area contributed by atoms with Crippen LogP contribution < -0.4 is 10.1 Å². The number of benzene rings is 1. The molecular formula is C13H16N4O4. The Bertz CT molecular complexity index is 626. The zero-order valence-corrected chi connectivity index (χ0v) is 11.8. The third-order valence-electron chi connectivity index (χ3n) is 2.69. The molecule has 0 radical (unpaired) electrons. The molecule has 112 valence electrons. The molecule has 0 aliphatic rings. The number of hydrogen-bond acceptors (Lipinski definition) is 7. The molecule has 1 aromatic carbocycles. The molecule has 0 aliphatic carbocycles. The molecule has 0 amide bonds. The molecule has 0 bridgehead atoms. The van der Waals surface area contributed by atoms with E-state index >= 15 is 0 Å². The minimum atomic E-state index is -0.462. The molecule has 0 saturated heterocycles. The summed E-state index contributed by atoms with van der Waals surface area (Å²) in [4.78, 5) is 14.5. The van der Waals surface area contributed by atoms with Gasteiger partial charge in [-0.15, -0.1) is 0 Å². The number of nitrogens with zero attached hydrogens (tertiary/aromatic N) is 3. The highest BCUT2D eigenvalue weighted by Gasteiger charge is 2.15.